The quantitative estimate of drug-likeness (QED) is 0.479. The van der Waals surface area contributed by atoms with Crippen LogP contribution in [0, 0.1) is 5.82 Å². The van der Waals surface area contributed by atoms with Crippen molar-refractivity contribution in [3.8, 4) is 0 Å². The summed E-state index contributed by atoms with van der Waals surface area (Å²) in [5, 5.41) is 0.0978. The molecule has 3 rings (SSSR count). The molecule has 2 aliphatic heterocycles. The molecule has 3 nitrogen and oxygen atoms in total. The Labute approximate surface area is 178 Å². The number of halogens is 2. The second-order valence-electron chi connectivity index (χ2n) is 10.4. The van der Waals surface area contributed by atoms with Crippen LogP contribution in [0.4, 0.5) is 4.39 Å². The van der Waals surface area contributed by atoms with Gasteiger partial charge in [-0.1, -0.05) is 32.9 Å². The van der Waals surface area contributed by atoms with E-state index in [2.05, 4.69) is 63.6 Å². The number of hydrogen-bond donors (Lipinski definition) is 0. The van der Waals surface area contributed by atoms with E-state index in [1.54, 1.807) is 6.07 Å². The van der Waals surface area contributed by atoms with E-state index in [0.717, 1.165) is 24.8 Å². The second-order valence-corrected chi connectivity index (χ2v) is 15.9. The first-order chi connectivity index (χ1) is 12.7. The van der Waals surface area contributed by atoms with Crippen molar-refractivity contribution in [1.82, 2.24) is 4.90 Å². The van der Waals surface area contributed by atoms with E-state index < -0.39 is 19.5 Å². The van der Waals surface area contributed by atoms with Gasteiger partial charge in [0.05, 0.1) is 21.7 Å². The topological polar surface area (TPSA) is 29.5 Å². The molecule has 6 heteroatoms. The van der Waals surface area contributed by atoms with Crippen LogP contribution in [0.3, 0.4) is 0 Å². The fraction of sp³-hybridized carbons (Fsp3) is 0.682. The lowest BCUT2D eigenvalue weighted by molar-refractivity contribution is -0.136. The number of amides is 1. The Kier molecular flexibility index (Phi) is 5.43. The van der Waals surface area contributed by atoms with Gasteiger partial charge in [0.1, 0.15) is 5.82 Å². The van der Waals surface area contributed by atoms with Crippen LogP contribution >= 0.6 is 15.9 Å². The Bertz CT molecular complexity index is 789. The number of nitrogens with zero attached hydrogens (tertiary/aromatic N) is 1. The minimum absolute atomic E-state index is 0.00760. The number of carbonyl (C=O) groups excluding carboxylic acids is 1. The highest BCUT2D eigenvalue weighted by molar-refractivity contribution is 9.10. The highest BCUT2D eigenvalue weighted by Gasteiger charge is 2.59. The van der Waals surface area contributed by atoms with Gasteiger partial charge in [-0.05, 0) is 78.8 Å². The van der Waals surface area contributed by atoms with E-state index in [1.165, 1.54) is 6.07 Å². The fourth-order valence-electron chi connectivity index (χ4n) is 4.82. The van der Waals surface area contributed by atoms with E-state index in [1.807, 2.05) is 11.0 Å². The summed E-state index contributed by atoms with van der Waals surface area (Å²) in [4.78, 5) is 15.1. The Balaban J connectivity index is 2.00. The van der Waals surface area contributed by atoms with Gasteiger partial charge in [0.15, 0.2) is 8.32 Å². The molecular formula is C22H33BrFNO2Si. The third-order valence-corrected chi connectivity index (χ3v) is 12.7. The highest BCUT2D eigenvalue weighted by Crippen LogP contribution is 2.55. The normalized spacial score (nSPS) is 26.1. The third kappa shape index (κ3) is 3.39. The zero-order valence-corrected chi connectivity index (χ0v) is 20.7. The van der Waals surface area contributed by atoms with Gasteiger partial charge in [0, 0.05) is 6.42 Å². The number of fused-ring (bicyclic) bond motifs is 1. The van der Waals surface area contributed by atoms with Crippen molar-refractivity contribution in [2.24, 2.45) is 0 Å². The van der Waals surface area contributed by atoms with Crippen molar-refractivity contribution in [2.75, 3.05) is 0 Å². The molecule has 2 saturated heterocycles. The van der Waals surface area contributed by atoms with Crippen LogP contribution < -0.4 is 0 Å². The van der Waals surface area contributed by atoms with Crippen LogP contribution in [0.5, 0.6) is 0 Å². The van der Waals surface area contributed by atoms with Crippen molar-refractivity contribution in [3.63, 3.8) is 0 Å². The summed E-state index contributed by atoms with van der Waals surface area (Å²) in [5.74, 6) is -0.114. The molecule has 0 bridgehead atoms. The summed E-state index contributed by atoms with van der Waals surface area (Å²) in [6.45, 7) is 15.5. The molecule has 1 aromatic rings. The van der Waals surface area contributed by atoms with Gasteiger partial charge < -0.3 is 9.33 Å². The molecule has 1 amide bonds. The largest absolute Gasteiger partial charge is 0.410 e. The lowest BCUT2D eigenvalue weighted by Crippen LogP contribution is -2.57. The maximum Gasteiger partial charge on any atom is 0.223 e. The van der Waals surface area contributed by atoms with E-state index in [0.29, 0.717) is 10.9 Å². The summed E-state index contributed by atoms with van der Waals surface area (Å²) in [6, 6.07) is 5.16. The van der Waals surface area contributed by atoms with Gasteiger partial charge in [-0.25, -0.2) is 4.39 Å². The number of hydrogen-bond acceptors (Lipinski definition) is 2. The van der Waals surface area contributed by atoms with Gasteiger partial charge in [-0.15, -0.1) is 0 Å². The summed E-state index contributed by atoms with van der Waals surface area (Å²) in [5.41, 5.74) is 0.00497. The Morgan fingerprint density at radius 3 is 2.46 bits per heavy atom. The smallest absolute Gasteiger partial charge is 0.223 e. The Morgan fingerprint density at radius 1 is 1.21 bits per heavy atom. The number of carbonyl (C=O) groups is 1. The van der Waals surface area contributed by atoms with E-state index >= 15 is 0 Å². The SMILES string of the molecule is CC(C)(O[Si](C)(C)C(C)(C)C)[C@H]1CC[C@]2(c3cccc(F)c3Br)CCC(=O)N12. The van der Waals surface area contributed by atoms with Gasteiger partial charge in [-0.2, -0.15) is 0 Å². The van der Waals surface area contributed by atoms with Gasteiger partial charge in [-0.3, -0.25) is 4.79 Å². The number of benzene rings is 1. The monoisotopic (exact) mass is 469 g/mol. The fourth-order valence-corrected chi connectivity index (χ4v) is 7.21. The second kappa shape index (κ2) is 6.91. The molecule has 2 fully saturated rings. The molecular weight excluding hydrogens is 437 g/mol. The predicted molar refractivity (Wildman–Crippen MR) is 117 cm³/mol. The standard InChI is InChI=1S/C22H33BrFNO2Si/c1-20(2,3)28(6,7)27-21(4,5)17-11-13-22(14-12-18(26)25(17)22)15-9-8-10-16(24)19(15)23/h8-10,17H,11-14H2,1-7H3/t17-,22-/m1/s1. The molecule has 1 aromatic carbocycles. The van der Waals surface area contributed by atoms with Crippen LogP contribution in [0.25, 0.3) is 0 Å². The summed E-state index contributed by atoms with van der Waals surface area (Å²) in [7, 11) is -2.00. The van der Waals surface area contributed by atoms with Crippen molar-refractivity contribution in [3.05, 3.63) is 34.1 Å². The molecule has 0 spiro atoms. The minimum Gasteiger partial charge on any atom is -0.410 e. The average molecular weight is 470 g/mol. The first kappa shape index (κ1) is 22.0. The average Bonchev–Trinajstić information content (AvgIpc) is 3.08. The van der Waals surface area contributed by atoms with Crippen molar-refractivity contribution in [1.29, 1.82) is 0 Å². The van der Waals surface area contributed by atoms with Crippen LogP contribution in [-0.2, 0) is 14.8 Å². The van der Waals surface area contributed by atoms with Crippen molar-refractivity contribution >= 4 is 30.2 Å². The lowest BCUT2D eigenvalue weighted by atomic mass is 9.86. The molecule has 0 unspecified atom stereocenters. The van der Waals surface area contributed by atoms with Crippen molar-refractivity contribution < 1.29 is 13.6 Å². The molecule has 0 radical (unpaired) electrons. The molecule has 2 heterocycles. The molecule has 2 atom stereocenters. The number of rotatable bonds is 4. The predicted octanol–water partition coefficient (Wildman–Crippen LogP) is 6.37. The zero-order chi connectivity index (χ0) is 21.1. The third-order valence-electron chi connectivity index (χ3n) is 7.21. The van der Waals surface area contributed by atoms with Crippen LogP contribution in [-0.4, -0.2) is 30.8 Å². The molecule has 156 valence electrons. The summed E-state index contributed by atoms with van der Waals surface area (Å²) >= 11 is 3.45. The minimum atomic E-state index is -2.00. The van der Waals surface area contributed by atoms with Gasteiger partial charge >= 0.3 is 0 Å². The lowest BCUT2D eigenvalue weighted by Gasteiger charge is -2.48. The van der Waals surface area contributed by atoms with Gasteiger partial charge in [0.25, 0.3) is 0 Å². The molecule has 0 aromatic heterocycles. The van der Waals surface area contributed by atoms with E-state index in [4.69, 9.17) is 4.43 Å². The van der Waals surface area contributed by atoms with Gasteiger partial charge in [0.2, 0.25) is 5.91 Å². The molecule has 0 N–H and O–H groups in total. The van der Waals surface area contributed by atoms with Crippen LogP contribution in [0.1, 0.15) is 65.9 Å². The van der Waals surface area contributed by atoms with Crippen LogP contribution in [0.15, 0.2) is 22.7 Å². The first-order valence-electron chi connectivity index (χ1n) is 10.2. The Hall–Kier alpha value is -0.723. The van der Waals surface area contributed by atoms with E-state index in [9.17, 15) is 9.18 Å². The maximum absolute atomic E-state index is 14.3. The molecule has 2 aliphatic rings. The highest BCUT2D eigenvalue weighted by atomic mass is 79.9. The molecule has 28 heavy (non-hydrogen) atoms. The van der Waals surface area contributed by atoms with Crippen molar-refractivity contribution in [2.45, 2.75) is 95.6 Å². The molecule has 0 saturated carbocycles. The summed E-state index contributed by atoms with van der Waals surface area (Å²) < 4.78 is 21.6. The Morgan fingerprint density at radius 2 is 1.86 bits per heavy atom. The molecule has 0 aliphatic carbocycles. The van der Waals surface area contributed by atoms with Crippen LogP contribution in [0.2, 0.25) is 18.1 Å². The maximum atomic E-state index is 14.3. The zero-order valence-electron chi connectivity index (χ0n) is 18.2. The first-order valence-corrected chi connectivity index (χ1v) is 13.9. The van der Waals surface area contributed by atoms with E-state index in [-0.39, 0.29) is 22.8 Å². The summed E-state index contributed by atoms with van der Waals surface area (Å²) in [6.07, 6.45) is 2.96.